The molecule has 0 bridgehead atoms. The number of alkyl halides is 3. The van der Waals surface area contributed by atoms with Crippen LogP contribution in [0.2, 0.25) is 5.02 Å². The van der Waals surface area contributed by atoms with Crippen LogP contribution in [0.25, 0.3) is 10.9 Å². The van der Waals surface area contributed by atoms with E-state index in [1.807, 2.05) is 0 Å². The Bertz CT molecular complexity index is 1250. The molecular formula is C22H20ClF5N2O4. The molecule has 2 unspecified atom stereocenters. The fourth-order valence-corrected chi connectivity index (χ4v) is 3.74. The molecule has 184 valence electrons. The molecule has 0 aliphatic heterocycles. The van der Waals surface area contributed by atoms with E-state index in [1.54, 1.807) is 0 Å². The van der Waals surface area contributed by atoms with Crippen LogP contribution >= 0.6 is 11.6 Å². The highest BCUT2D eigenvalue weighted by molar-refractivity contribution is 6.31. The summed E-state index contributed by atoms with van der Waals surface area (Å²) in [6.45, 7) is 0.0222. The number of aliphatic hydroxyl groups is 1. The number of hydrogen-bond acceptors (Lipinski definition) is 5. The van der Waals surface area contributed by atoms with Gasteiger partial charge in [-0.2, -0.15) is 13.2 Å². The maximum absolute atomic E-state index is 14.7. The van der Waals surface area contributed by atoms with E-state index in [0.29, 0.717) is 0 Å². The van der Waals surface area contributed by atoms with Gasteiger partial charge in [-0.25, -0.2) is 8.78 Å². The van der Waals surface area contributed by atoms with Crippen molar-refractivity contribution in [2.75, 3.05) is 25.6 Å². The Labute approximate surface area is 195 Å². The summed E-state index contributed by atoms with van der Waals surface area (Å²) in [4.78, 5) is 14.0. The maximum atomic E-state index is 14.7. The van der Waals surface area contributed by atoms with Gasteiger partial charge in [-0.3, -0.25) is 4.79 Å². The predicted molar refractivity (Wildman–Crippen MR) is 116 cm³/mol. The number of fused-ring (bicyclic) bond motifs is 1. The Morgan fingerprint density at radius 1 is 1.18 bits per heavy atom. The Kier molecular flexibility index (Phi) is 7.39. The van der Waals surface area contributed by atoms with Crippen molar-refractivity contribution in [1.29, 1.82) is 0 Å². The molecule has 0 fully saturated rings. The number of aromatic nitrogens is 1. The van der Waals surface area contributed by atoms with Crippen LogP contribution in [0.1, 0.15) is 18.5 Å². The topological polar surface area (TPSA) is 83.6 Å². The minimum absolute atomic E-state index is 0.0129. The monoisotopic (exact) mass is 506 g/mol. The van der Waals surface area contributed by atoms with E-state index in [0.717, 1.165) is 37.4 Å². The van der Waals surface area contributed by atoms with Crippen LogP contribution in [0, 0.1) is 11.6 Å². The lowest BCUT2D eigenvalue weighted by molar-refractivity contribution is -0.281. The van der Waals surface area contributed by atoms with E-state index in [2.05, 4.69) is 10.3 Å². The van der Waals surface area contributed by atoms with E-state index in [-0.39, 0.29) is 28.9 Å². The van der Waals surface area contributed by atoms with Gasteiger partial charge in [-0.05, 0) is 36.8 Å². The molecular weight excluding hydrogens is 487 g/mol. The Morgan fingerprint density at radius 3 is 2.50 bits per heavy atom. The summed E-state index contributed by atoms with van der Waals surface area (Å²) < 4.78 is 81.4. The van der Waals surface area contributed by atoms with Gasteiger partial charge in [0.1, 0.15) is 5.82 Å². The third-order valence-electron chi connectivity index (χ3n) is 5.21. The van der Waals surface area contributed by atoms with Crippen LogP contribution < -0.4 is 15.6 Å². The van der Waals surface area contributed by atoms with Crippen LogP contribution in [-0.2, 0) is 4.74 Å². The van der Waals surface area contributed by atoms with Crippen molar-refractivity contribution in [3.05, 3.63) is 69.0 Å². The van der Waals surface area contributed by atoms with Crippen LogP contribution in [0.5, 0.6) is 5.75 Å². The van der Waals surface area contributed by atoms with Gasteiger partial charge >= 0.3 is 6.18 Å². The number of hydrogen-bond donors (Lipinski definition) is 3. The molecule has 0 radical (unpaired) electrons. The second-order valence-electron chi connectivity index (χ2n) is 7.36. The molecule has 0 aliphatic carbocycles. The van der Waals surface area contributed by atoms with Crippen molar-refractivity contribution in [3.63, 3.8) is 0 Å². The Hall–Kier alpha value is -2.89. The van der Waals surface area contributed by atoms with Gasteiger partial charge in [0.2, 0.25) is 11.2 Å². The van der Waals surface area contributed by atoms with Crippen molar-refractivity contribution < 1.29 is 36.5 Å². The Balaban J connectivity index is 2.28. The third kappa shape index (κ3) is 4.82. The summed E-state index contributed by atoms with van der Waals surface area (Å²) in [5.74, 6) is -2.37. The van der Waals surface area contributed by atoms with E-state index >= 15 is 0 Å². The summed E-state index contributed by atoms with van der Waals surface area (Å²) in [7, 11) is 1.14. The molecule has 0 amide bonds. The van der Waals surface area contributed by atoms with Gasteiger partial charge in [0.25, 0.3) is 0 Å². The molecule has 12 heteroatoms. The summed E-state index contributed by atoms with van der Waals surface area (Å²) in [6, 6.07) is 4.14. The molecule has 2 aromatic carbocycles. The van der Waals surface area contributed by atoms with Gasteiger partial charge < -0.3 is 24.9 Å². The average molecular weight is 507 g/mol. The largest absolute Gasteiger partial charge is 0.494 e. The van der Waals surface area contributed by atoms with Gasteiger partial charge in [-0.1, -0.05) is 17.7 Å². The lowest BCUT2D eigenvalue weighted by Gasteiger charge is -2.39. The van der Waals surface area contributed by atoms with Gasteiger partial charge in [0.15, 0.2) is 11.6 Å². The highest BCUT2D eigenvalue weighted by Gasteiger charge is 2.60. The van der Waals surface area contributed by atoms with Crippen LogP contribution in [-0.4, -0.2) is 42.2 Å². The number of H-pyrrole nitrogens is 1. The number of methoxy groups -OCH3 is 1. The SMILES string of the molecule is CCOCC(O)(C(Nc1cc(F)cc2[nH]c(=O)ccc12)c1ccc(OC)c(F)c1Cl)C(F)(F)F. The molecule has 3 rings (SSSR count). The second-order valence-corrected chi connectivity index (χ2v) is 7.74. The van der Waals surface area contributed by atoms with Crippen LogP contribution in [0.15, 0.2) is 41.2 Å². The van der Waals surface area contributed by atoms with Crippen molar-refractivity contribution in [3.8, 4) is 5.75 Å². The summed E-state index contributed by atoms with van der Waals surface area (Å²) in [6.07, 6.45) is -5.29. The average Bonchev–Trinajstić information content (AvgIpc) is 2.76. The number of rotatable bonds is 8. The molecule has 1 heterocycles. The number of anilines is 1. The summed E-state index contributed by atoms with van der Waals surface area (Å²) >= 11 is 6.06. The molecule has 3 aromatic rings. The first kappa shape index (κ1) is 25.7. The van der Waals surface area contributed by atoms with Gasteiger partial charge in [0.05, 0.1) is 30.3 Å². The fourth-order valence-electron chi connectivity index (χ4n) is 3.48. The van der Waals surface area contributed by atoms with Crippen LogP contribution in [0.4, 0.5) is 27.6 Å². The smallest absolute Gasteiger partial charge is 0.421 e. The second kappa shape index (κ2) is 9.77. The lowest BCUT2D eigenvalue weighted by atomic mass is 9.87. The molecule has 6 nitrogen and oxygen atoms in total. The first-order valence-electron chi connectivity index (χ1n) is 9.90. The minimum Gasteiger partial charge on any atom is -0.494 e. The quantitative estimate of drug-likeness (QED) is 0.377. The minimum atomic E-state index is -5.29. The molecule has 0 saturated carbocycles. The van der Waals surface area contributed by atoms with Crippen molar-refractivity contribution >= 4 is 28.2 Å². The number of pyridine rings is 1. The molecule has 0 aliphatic rings. The number of ether oxygens (including phenoxy) is 2. The van der Waals surface area contributed by atoms with E-state index in [1.165, 1.54) is 13.0 Å². The molecule has 3 N–H and O–H groups in total. The highest BCUT2D eigenvalue weighted by Crippen LogP contribution is 2.46. The van der Waals surface area contributed by atoms with Gasteiger partial charge in [0, 0.05) is 23.7 Å². The molecule has 0 saturated heterocycles. The van der Waals surface area contributed by atoms with E-state index in [9.17, 15) is 31.9 Å². The zero-order valence-corrected chi connectivity index (χ0v) is 18.7. The van der Waals surface area contributed by atoms with Gasteiger partial charge in [-0.15, -0.1) is 0 Å². The molecule has 1 aromatic heterocycles. The number of halogens is 6. The van der Waals surface area contributed by atoms with Crippen molar-refractivity contribution in [2.45, 2.75) is 24.7 Å². The maximum Gasteiger partial charge on any atom is 0.421 e. The first-order chi connectivity index (χ1) is 15.9. The Morgan fingerprint density at radius 2 is 1.88 bits per heavy atom. The lowest BCUT2D eigenvalue weighted by Crippen LogP contribution is -2.56. The van der Waals surface area contributed by atoms with Crippen molar-refractivity contribution in [2.24, 2.45) is 0 Å². The van der Waals surface area contributed by atoms with Crippen molar-refractivity contribution in [1.82, 2.24) is 4.98 Å². The number of benzene rings is 2. The zero-order chi connectivity index (χ0) is 25.3. The van der Waals surface area contributed by atoms with Crippen LogP contribution in [0.3, 0.4) is 0 Å². The highest BCUT2D eigenvalue weighted by atomic mass is 35.5. The standard InChI is InChI=1S/C22H20ClF5N2O4/c1-3-34-10-21(32,22(26,27)28)20(13-4-6-16(33-2)19(25)18(13)23)30-15-9-11(24)8-14-12(15)5-7-17(31)29-14/h4-9,20,30,32H,3,10H2,1-2H3,(H,29,31). The fraction of sp³-hybridized carbons (Fsp3) is 0.318. The molecule has 2 atom stereocenters. The van der Waals surface area contributed by atoms with E-state index in [4.69, 9.17) is 21.1 Å². The zero-order valence-electron chi connectivity index (χ0n) is 17.9. The summed E-state index contributed by atoms with van der Waals surface area (Å²) in [5, 5.41) is 12.8. The summed E-state index contributed by atoms with van der Waals surface area (Å²) in [5.41, 5.74) is -4.91. The molecule has 34 heavy (non-hydrogen) atoms. The normalized spacial score (nSPS) is 14.6. The third-order valence-corrected chi connectivity index (χ3v) is 5.59. The number of nitrogens with one attached hydrogen (secondary N) is 2. The first-order valence-corrected chi connectivity index (χ1v) is 10.3. The van der Waals surface area contributed by atoms with E-state index < -0.39 is 52.2 Å². The molecule has 0 spiro atoms. The predicted octanol–water partition coefficient (Wildman–Crippen LogP) is 4.95. The number of aromatic amines is 1.